The maximum atomic E-state index is 12.9. The van der Waals surface area contributed by atoms with Crippen LogP contribution in [0.1, 0.15) is 37.3 Å². The highest BCUT2D eigenvalue weighted by molar-refractivity contribution is 5.91. The number of alkyl halides is 3. The Morgan fingerprint density at radius 2 is 2.00 bits per heavy atom. The van der Waals surface area contributed by atoms with Crippen molar-refractivity contribution in [2.75, 3.05) is 18.4 Å². The van der Waals surface area contributed by atoms with E-state index in [1.165, 1.54) is 6.07 Å². The Hall–Kier alpha value is -1.60. The number of amides is 1. The van der Waals surface area contributed by atoms with Gasteiger partial charge in [0.2, 0.25) is 5.91 Å². The summed E-state index contributed by atoms with van der Waals surface area (Å²) in [6.45, 7) is 3.90. The fourth-order valence-corrected chi connectivity index (χ4v) is 3.13. The molecule has 7 heteroatoms. The van der Waals surface area contributed by atoms with Gasteiger partial charge >= 0.3 is 6.18 Å². The lowest BCUT2D eigenvalue weighted by Gasteiger charge is -2.27. The van der Waals surface area contributed by atoms with Crippen LogP contribution in [0.3, 0.4) is 0 Å². The average molecular weight is 343 g/mol. The monoisotopic (exact) mass is 343 g/mol. The second-order valence-corrected chi connectivity index (χ2v) is 6.44. The molecule has 1 aromatic carbocycles. The second kappa shape index (κ2) is 7.98. The normalized spacial score (nSPS) is 17.5. The molecule has 0 spiro atoms. The molecule has 1 aromatic rings. The summed E-state index contributed by atoms with van der Waals surface area (Å²) in [7, 11) is 0. The molecule has 1 fully saturated rings. The van der Waals surface area contributed by atoms with Gasteiger partial charge in [0.1, 0.15) is 0 Å². The highest BCUT2D eigenvalue weighted by Crippen LogP contribution is 2.32. The molecule has 134 valence electrons. The van der Waals surface area contributed by atoms with E-state index in [-0.39, 0.29) is 24.1 Å². The molecule has 2 rings (SSSR count). The molecule has 4 N–H and O–H groups in total. The summed E-state index contributed by atoms with van der Waals surface area (Å²) in [5.41, 5.74) is 5.14. The summed E-state index contributed by atoms with van der Waals surface area (Å²) >= 11 is 0. The lowest BCUT2D eigenvalue weighted by atomic mass is 9.84. The van der Waals surface area contributed by atoms with Gasteiger partial charge in [-0.15, -0.1) is 0 Å². The van der Waals surface area contributed by atoms with Crippen molar-refractivity contribution in [1.82, 2.24) is 5.32 Å². The Bertz CT molecular complexity index is 569. The molecule has 1 aliphatic heterocycles. The van der Waals surface area contributed by atoms with E-state index >= 15 is 0 Å². The molecule has 0 radical (unpaired) electrons. The molecule has 0 saturated carbocycles. The number of nitrogens with one attached hydrogen (secondary N) is 2. The number of rotatable bonds is 5. The molecule has 1 heterocycles. The third kappa shape index (κ3) is 5.21. The van der Waals surface area contributed by atoms with E-state index < -0.39 is 11.7 Å². The van der Waals surface area contributed by atoms with Crippen molar-refractivity contribution < 1.29 is 18.0 Å². The minimum Gasteiger partial charge on any atom is -0.326 e. The summed E-state index contributed by atoms with van der Waals surface area (Å²) in [4.78, 5) is 12.2. The quantitative estimate of drug-likeness (QED) is 0.769. The maximum absolute atomic E-state index is 12.9. The molecule has 0 aliphatic carbocycles. The van der Waals surface area contributed by atoms with Gasteiger partial charge in [-0.1, -0.05) is 6.92 Å². The summed E-state index contributed by atoms with van der Waals surface area (Å²) in [6, 6.07) is 3.45. The van der Waals surface area contributed by atoms with Gasteiger partial charge in [0, 0.05) is 18.7 Å². The van der Waals surface area contributed by atoms with Crippen LogP contribution in [0.25, 0.3) is 0 Å². The van der Waals surface area contributed by atoms with Crippen molar-refractivity contribution in [3.8, 4) is 0 Å². The fourth-order valence-electron chi connectivity index (χ4n) is 3.13. The first-order valence-corrected chi connectivity index (χ1v) is 8.21. The number of benzene rings is 1. The van der Waals surface area contributed by atoms with Crippen LogP contribution in [0.4, 0.5) is 18.9 Å². The molecular formula is C17H24F3N3O. The average Bonchev–Trinajstić information content (AvgIpc) is 2.54. The summed E-state index contributed by atoms with van der Waals surface area (Å²) in [5.74, 6) is 0.410. The van der Waals surface area contributed by atoms with E-state index in [0.29, 0.717) is 17.9 Å². The number of hydrogen-bond acceptors (Lipinski definition) is 3. The van der Waals surface area contributed by atoms with E-state index in [1.807, 2.05) is 6.92 Å². The third-order valence-corrected chi connectivity index (χ3v) is 4.54. The summed E-state index contributed by atoms with van der Waals surface area (Å²) in [6.07, 6.45) is -2.11. The molecule has 0 aromatic heterocycles. The summed E-state index contributed by atoms with van der Waals surface area (Å²) < 4.78 is 38.7. The van der Waals surface area contributed by atoms with Crippen molar-refractivity contribution >= 4 is 11.6 Å². The number of piperidine rings is 1. The predicted molar refractivity (Wildman–Crippen MR) is 87.3 cm³/mol. The van der Waals surface area contributed by atoms with Gasteiger partial charge in [0.05, 0.1) is 5.56 Å². The van der Waals surface area contributed by atoms with Crippen molar-refractivity contribution in [1.29, 1.82) is 0 Å². The van der Waals surface area contributed by atoms with Gasteiger partial charge < -0.3 is 16.4 Å². The van der Waals surface area contributed by atoms with Gasteiger partial charge in [-0.05, 0) is 61.5 Å². The topological polar surface area (TPSA) is 67.2 Å². The minimum atomic E-state index is -4.47. The number of halogens is 3. The van der Waals surface area contributed by atoms with Crippen LogP contribution in [0.5, 0.6) is 0 Å². The largest absolute Gasteiger partial charge is 0.416 e. The zero-order chi connectivity index (χ0) is 17.7. The van der Waals surface area contributed by atoms with E-state index in [2.05, 4.69) is 10.6 Å². The van der Waals surface area contributed by atoms with Gasteiger partial charge in [-0.2, -0.15) is 13.2 Å². The maximum Gasteiger partial charge on any atom is 0.416 e. The van der Waals surface area contributed by atoms with E-state index in [4.69, 9.17) is 5.73 Å². The molecular weight excluding hydrogens is 319 g/mol. The Kier molecular flexibility index (Phi) is 6.23. The van der Waals surface area contributed by atoms with E-state index in [9.17, 15) is 18.0 Å². The van der Waals surface area contributed by atoms with Crippen LogP contribution < -0.4 is 16.4 Å². The highest BCUT2D eigenvalue weighted by atomic mass is 19.4. The van der Waals surface area contributed by atoms with Crippen LogP contribution in [0.2, 0.25) is 0 Å². The SMILES string of the molecule is CC(CC(=O)Nc1cc(CN)cc(C(F)(F)F)c1)C1CCNCC1. The summed E-state index contributed by atoms with van der Waals surface area (Å²) in [5, 5.41) is 5.87. The van der Waals surface area contributed by atoms with Crippen LogP contribution in [0, 0.1) is 11.8 Å². The van der Waals surface area contributed by atoms with Gasteiger partial charge in [-0.3, -0.25) is 4.79 Å². The fraction of sp³-hybridized carbons (Fsp3) is 0.588. The van der Waals surface area contributed by atoms with Crippen LogP contribution in [-0.2, 0) is 17.5 Å². The lowest BCUT2D eigenvalue weighted by Crippen LogP contribution is -2.32. The molecule has 1 unspecified atom stereocenters. The lowest BCUT2D eigenvalue weighted by molar-refractivity contribution is -0.137. The molecule has 1 atom stereocenters. The van der Waals surface area contributed by atoms with Crippen molar-refractivity contribution in [3.63, 3.8) is 0 Å². The molecule has 4 nitrogen and oxygen atoms in total. The van der Waals surface area contributed by atoms with Crippen molar-refractivity contribution in [3.05, 3.63) is 29.3 Å². The first-order chi connectivity index (χ1) is 11.3. The molecule has 1 amide bonds. The number of nitrogens with two attached hydrogens (primary N) is 1. The Morgan fingerprint density at radius 3 is 2.58 bits per heavy atom. The smallest absolute Gasteiger partial charge is 0.326 e. The van der Waals surface area contributed by atoms with Crippen molar-refractivity contribution in [2.45, 2.75) is 38.9 Å². The zero-order valence-corrected chi connectivity index (χ0v) is 13.7. The Balaban J connectivity index is 2.02. The van der Waals surface area contributed by atoms with Gasteiger partial charge in [0.15, 0.2) is 0 Å². The van der Waals surface area contributed by atoms with Crippen LogP contribution in [-0.4, -0.2) is 19.0 Å². The molecule has 1 saturated heterocycles. The zero-order valence-electron chi connectivity index (χ0n) is 13.7. The molecule has 24 heavy (non-hydrogen) atoms. The minimum absolute atomic E-state index is 0.0156. The Labute approximate surface area is 140 Å². The molecule has 0 bridgehead atoms. The van der Waals surface area contributed by atoms with Gasteiger partial charge in [0.25, 0.3) is 0 Å². The molecule has 1 aliphatic rings. The van der Waals surface area contributed by atoms with E-state index in [0.717, 1.165) is 38.1 Å². The van der Waals surface area contributed by atoms with Crippen molar-refractivity contribution in [2.24, 2.45) is 17.6 Å². The second-order valence-electron chi connectivity index (χ2n) is 6.44. The predicted octanol–water partition coefficient (Wildman–Crippen LogP) is 3.13. The first-order valence-electron chi connectivity index (χ1n) is 8.21. The first kappa shape index (κ1) is 18.7. The van der Waals surface area contributed by atoms with E-state index in [1.54, 1.807) is 0 Å². The van der Waals surface area contributed by atoms with Crippen LogP contribution >= 0.6 is 0 Å². The number of carbonyl (C=O) groups excluding carboxylic acids is 1. The number of carbonyl (C=O) groups is 1. The Morgan fingerprint density at radius 1 is 1.33 bits per heavy atom. The van der Waals surface area contributed by atoms with Crippen LogP contribution in [0.15, 0.2) is 18.2 Å². The standard InChI is InChI=1S/C17H24F3N3O/c1-11(13-2-4-22-5-3-13)6-16(24)23-15-8-12(10-21)7-14(9-15)17(18,19)20/h7-9,11,13,22H,2-6,10,21H2,1H3,(H,23,24). The number of anilines is 1. The van der Waals surface area contributed by atoms with Gasteiger partial charge in [-0.25, -0.2) is 0 Å². The number of hydrogen-bond donors (Lipinski definition) is 3. The third-order valence-electron chi connectivity index (χ3n) is 4.54. The highest BCUT2D eigenvalue weighted by Gasteiger charge is 2.31.